The average molecular weight is 286 g/mol. The number of ether oxygens (including phenoxy) is 2. The number of rotatable bonds is 5. The van der Waals surface area contributed by atoms with E-state index in [1.54, 1.807) is 14.2 Å². The smallest absolute Gasteiger partial charge is 0.201 e. The average Bonchev–Trinajstić information content (AvgIpc) is 2.45. The Morgan fingerprint density at radius 3 is 1.45 bits per heavy atom. The Bertz CT molecular complexity index is 279. The molecule has 0 amide bonds. The van der Waals surface area contributed by atoms with Crippen LogP contribution in [0.2, 0.25) is 0 Å². The molecule has 0 bridgehead atoms. The summed E-state index contributed by atoms with van der Waals surface area (Å²) < 4.78 is 11.3. The third-order valence-electron chi connectivity index (χ3n) is 4.92. The minimum Gasteiger partial charge on any atom is -0.351 e. The molecule has 4 heteroatoms. The third kappa shape index (κ3) is 3.73. The van der Waals surface area contributed by atoms with Gasteiger partial charge in [-0.25, -0.2) is 0 Å². The summed E-state index contributed by atoms with van der Waals surface area (Å²) in [4.78, 5) is 11.6. The lowest BCUT2D eigenvalue weighted by atomic mass is 9.85. The first-order valence-electron chi connectivity index (χ1n) is 8.00. The Hall–Kier alpha value is -0.160. The summed E-state index contributed by atoms with van der Waals surface area (Å²) in [6.45, 7) is 4.48. The van der Waals surface area contributed by atoms with E-state index in [4.69, 9.17) is 19.2 Å². The Morgan fingerprint density at radius 2 is 1.15 bits per heavy atom. The van der Waals surface area contributed by atoms with E-state index in [0.29, 0.717) is 11.8 Å². The minimum atomic E-state index is -0.593. The fourth-order valence-corrected chi connectivity index (χ4v) is 3.65. The van der Waals surface area contributed by atoms with E-state index in [0.717, 1.165) is 38.5 Å². The molecule has 0 aromatic rings. The molecule has 0 spiro atoms. The van der Waals surface area contributed by atoms with Gasteiger partial charge in [0.2, 0.25) is 11.6 Å². The van der Waals surface area contributed by atoms with Gasteiger partial charge in [-0.05, 0) is 24.7 Å². The summed E-state index contributed by atoms with van der Waals surface area (Å²) in [6.07, 6.45) is 8.27. The van der Waals surface area contributed by atoms with Crippen molar-refractivity contribution in [3.8, 4) is 0 Å². The lowest BCUT2D eigenvalue weighted by Crippen LogP contribution is -2.46. The van der Waals surface area contributed by atoms with Gasteiger partial charge in [-0.1, -0.05) is 26.7 Å². The summed E-state index contributed by atoms with van der Waals surface area (Å²) in [7, 11) is 3.43. The molecular weight excluding hydrogens is 256 g/mol. The normalized spacial score (nSPS) is 42.6. The molecule has 4 atom stereocenters. The van der Waals surface area contributed by atoms with Crippen molar-refractivity contribution in [2.24, 2.45) is 11.8 Å². The van der Waals surface area contributed by atoms with Crippen molar-refractivity contribution in [2.45, 2.75) is 76.8 Å². The van der Waals surface area contributed by atoms with Gasteiger partial charge in [0.25, 0.3) is 0 Å². The van der Waals surface area contributed by atoms with E-state index >= 15 is 0 Å². The Kier molecular flexibility index (Phi) is 5.46. The van der Waals surface area contributed by atoms with Crippen molar-refractivity contribution in [1.29, 1.82) is 0 Å². The van der Waals surface area contributed by atoms with Gasteiger partial charge in [0.05, 0.1) is 0 Å². The summed E-state index contributed by atoms with van der Waals surface area (Å²) in [6, 6.07) is 0. The zero-order chi connectivity index (χ0) is 14.6. The highest BCUT2D eigenvalue weighted by atomic mass is 17.3. The fraction of sp³-hybridized carbons (Fsp3) is 1.00. The highest BCUT2D eigenvalue weighted by Gasteiger charge is 2.43. The number of methoxy groups -OCH3 is 2. The van der Waals surface area contributed by atoms with Crippen LogP contribution in [0.15, 0.2) is 0 Å². The molecule has 0 saturated heterocycles. The molecule has 118 valence electrons. The van der Waals surface area contributed by atoms with Gasteiger partial charge in [-0.2, -0.15) is 9.78 Å². The fourth-order valence-electron chi connectivity index (χ4n) is 3.65. The van der Waals surface area contributed by atoms with E-state index in [9.17, 15) is 0 Å². The Morgan fingerprint density at radius 1 is 0.750 bits per heavy atom. The van der Waals surface area contributed by atoms with Crippen molar-refractivity contribution in [3.63, 3.8) is 0 Å². The van der Waals surface area contributed by atoms with Gasteiger partial charge in [-0.15, -0.1) is 0 Å². The number of hydrogen-bond acceptors (Lipinski definition) is 4. The van der Waals surface area contributed by atoms with Crippen molar-refractivity contribution in [3.05, 3.63) is 0 Å². The monoisotopic (exact) mass is 286 g/mol. The van der Waals surface area contributed by atoms with Crippen LogP contribution in [0.3, 0.4) is 0 Å². The predicted octanol–water partition coefficient (Wildman–Crippen LogP) is 4.04. The topological polar surface area (TPSA) is 36.9 Å². The molecular formula is C16H30O4. The lowest BCUT2D eigenvalue weighted by molar-refractivity contribution is -0.509. The number of hydrogen-bond donors (Lipinski definition) is 0. The Balaban J connectivity index is 1.97. The molecule has 0 aromatic heterocycles. The SMILES string of the molecule is COC1(OOC2(OC)CCCC(C)C2)CCCC(C)C1. The third-order valence-corrected chi connectivity index (χ3v) is 4.92. The van der Waals surface area contributed by atoms with Crippen LogP contribution in [0, 0.1) is 11.8 Å². The zero-order valence-corrected chi connectivity index (χ0v) is 13.4. The van der Waals surface area contributed by atoms with E-state index in [1.807, 2.05) is 0 Å². The maximum atomic E-state index is 5.82. The molecule has 2 aliphatic carbocycles. The van der Waals surface area contributed by atoms with E-state index in [-0.39, 0.29) is 0 Å². The second-order valence-electron chi connectivity index (χ2n) is 6.80. The van der Waals surface area contributed by atoms with Crippen molar-refractivity contribution in [2.75, 3.05) is 14.2 Å². The minimum absolute atomic E-state index is 0.593. The zero-order valence-electron chi connectivity index (χ0n) is 13.4. The van der Waals surface area contributed by atoms with Crippen LogP contribution < -0.4 is 0 Å². The molecule has 2 aliphatic rings. The van der Waals surface area contributed by atoms with Crippen LogP contribution in [-0.4, -0.2) is 25.8 Å². The largest absolute Gasteiger partial charge is 0.351 e. The van der Waals surface area contributed by atoms with Crippen LogP contribution in [-0.2, 0) is 19.2 Å². The molecule has 2 fully saturated rings. The molecule has 2 saturated carbocycles. The van der Waals surface area contributed by atoms with Gasteiger partial charge in [0.15, 0.2) is 0 Å². The molecule has 0 radical (unpaired) electrons. The van der Waals surface area contributed by atoms with E-state index in [2.05, 4.69) is 13.8 Å². The van der Waals surface area contributed by atoms with E-state index < -0.39 is 11.6 Å². The Labute approximate surface area is 123 Å². The second-order valence-corrected chi connectivity index (χ2v) is 6.80. The van der Waals surface area contributed by atoms with Crippen LogP contribution in [0.25, 0.3) is 0 Å². The first-order chi connectivity index (χ1) is 9.53. The lowest BCUT2D eigenvalue weighted by Gasteiger charge is -2.42. The molecule has 4 nitrogen and oxygen atoms in total. The molecule has 0 N–H and O–H groups in total. The van der Waals surface area contributed by atoms with Crippen LogP contribution >= 0.6 is 0 Å². The second kappa shape index (κ2) is 6.73. The quantitative estimate of drug-likeness (QED) is 0.434. The van der Waals surface area contributed by atoms with Gasteiger partial charge >= 0.3 is 0 Å². The summed E-state index contributed by atoms with van der Waals surface area (Å²) in [5.74, 6) is 0.0282. The summed E-state index contributed by atoms with van der Waals surface area (Å²) in [5, 5.41) is 0. The van der Waals surface area contributed by atoms with Gasteiger partial charge in [0, 0.05) is 39.9 Å². The predicted molar refractivity (Wildman–Crippen MR) is 76.9 cm³/mol. The molecule has 0 aliphatic heterocycles. The van der Waals surface area contributed by atoms with E-state index in [1.165, 1.54) is 12.8 Å². The first kappa shape index (κ1) is 16.2. The summed E-state index contributed by atoms with van der Waals surface area (Å²) >= 11 is 0. The van der Waals surface area contributed by atoms with Gasteiger partial charge in [-0.3, -0.25) is 0 Å². The van der Waals surface area contributed by atoms with Crippen molar-refractivity contribution in [1.82, 2.24) is 0 Å². The highest BCUT2D eigenvalue weighted by Crippen LogP contribution is 2.40. The maximum absolute atomic E-state index is 5.82. The standard InChI is InChI=1S/C16H30O4/c1-13-7-5-9-15(11-13,17-3)19-20-16(18-4)10-6-8-14(2)12-16/h13-14H,5-12H2,1-4H3. The first-order valence-corrected chi connectivity index (χ1v) is 8.00. The van der Waals surface area contributed by atoms with Crippen molar-refractivity contribution >= 4 is 0 Å². The van der Waals surface area contributed by atoms with Crippen LogP contribution in [0.5, 0.6) is 0 Å². The molecule has 0 heterocycles. The van der Waals surface area contributed by atoms with Crippen LogP contribution in [0.4, 0.5) is 0 Å². The van der Waals surface area contributed by atoms with Crippen molar-refractivity contribution < 1.29 is 19.2 Å². The van der Waals surface area contributed by atoms with Gasteiger partial charge < -0.3 is 9.47 Å². The molecule has 2 rings (SSSR count). The van der Waals surface area contributed by atoms with Gasteiger partial charge in [0.1, 0.15) is 0 Å². The molecule has 4 unspecified atom stereocenters. The van der Waals surface area contributed by atoms with Crippen LogP contribution in [0.1, 0.15) is 65.2 Å². The maximum Gasteiger partial charge on any atom is 0.201 e. The molecule has 0 aromatic carbocycles. The highest BCUT2D eigenvalue weighted by molar-refractivity contribution is 4.80. The summed E-state index contributed by atoms with van der Waals surface area (Å²) in [5.41, 5.74) is 0. The molecule has 20 heavy (non-hydrogen) atoms.